The molecule has 2 amide bonds. The van der Waals surface area contributed by atoms with Crippen LogP contribution in [-0.2, 0) is 4.79 Å². The number of piperidine rings is 1. The molecule has 1 saturated heterocycles. The smallest absolute Gasteiger partial charge is 0.306 e. The number of aliphatic carboxylic acids is 1. The van der Waals surface area contributed by atoms with Crippen LogP contribution in [0.5, 0.6) is 0 Å². The highest BCUT2D eigenvalue weighted by Gasteiger charge is 2.28. The van der Waals surface area contributed by atoms with Crippen LogP contribution in [0.4, 0.5) is 0 Å². The lowest BCUT2D eigenvalue weighted by molar-refractivity contribution is -0.143. The first-order chi connectivity index (χ1) is 16.0. The summed E-state index contributed by atoms with van der Waals surface area (Å²) in [6, 6.07) is 3.55. The Hall–Kier alpha value is -3.27. The highest BCUT2D eigenvalue weighted by Crippen LogP contribution is 2.30. The zero-order valence-corrected chi connectivity index (χ0v) is 20.5. The van der Waals surface area contributed by atoms with Crippen LogP contribution < -0.4 is 5.32 Å². The second-order valence-electron chi connectivity index (χ2n) is 9.78. The fourth-order valence-corrected chi connectivity index (χ4v) is 4.68. The van der Waals surface area contributed by atoms with E-state index in [1.54, 1.807) is 23.4 Å². The monoisotopic (exact) mass is 483 g/mol. The fraction of sp³-hybridized carbons (Fsp3) is 0.458. The van der Waals surface area contributed by atoms with Gasteiger partial charge in [0.15, 0.2) is 5.65 Å². The Balaban J connectivity index is 1.53. The quantitative estimate of drug-likeness (QED) is 0.507. The van der Waals surface area contributed by atoms with Gasteiger partial charge in [-0.25, -0.2) is 9.97 Å². The minimum absolute atomic E-state index is 0.0347. The van der Waals surface area contributed by atoms with Crippen LogP contribution in [0, 0.1) is 11.3 Å². The van der Waals surface area contributed by atoms with E-state index in [0.29, 0.717) is 53.2 Å². The van der Waals surface area contributed by atoms with Gasteiger partial charge in [-0.15, -0.1) is 11.3 Å². The molecule has 1 aliphatic heterocycles. The van der Waals surface area contributed by atoms with Crippen LogP contribution in [0.25, 0.3) is 21.7 Å². The molecular weight excluding hydrogens is 454 g/mol. The largest absolute Gasteiger partial charge is 0.481 e. The summed E-state index contributed by atoms with van der Waals surface area (Å²) >= 11 is 1.31. The summed E-state index contributed by atoms with van der Waals surface area (Å²) in [6.45, 7) is 9.03. The highest BCUT2D eigenvalue weighted by atomic mass is 32.1. The number of carbonyl (C=O) groups excluding carboxylic acids is 2. The summed E-state index contributed by atoms with van der Waals surface area (Å²) in [5.41, 5.74) is 1.93. The Kier molecular flexibility index (Phi) is 6.44. The molecule has 0 saturated carbocycles. The number of fused-ring (bicyclic) bond motifs is 1. The summed E-state index contributed by atoms with van der Waals surface area (Å²) in [6.07, 6.45) is 4.17. The summed E-state index contributed by atoms with van der Waals surface area (Å²) in [5, 5.41) is 12.2. The van der Waals surface area contributed by atoms with Crippen LogP contribution in [0.2, 0.25) is 0 Å². The predicted molar refractivity (Wildman–Crippen MR) is 130 cm³/mol. The maximum atomic E-state index is 12.9. The van der Waals surface area contributed by atoms with E-state index in [9.17, 15) is 14.4 Å². The molecule has 180 valence electrons. The summed E-state index contributed by atoms with van der Waals surface area (Å²) in [7, 11) is 0. The number of rotatable bonds is 5. The lowest BCUT2D eigenvalue weighted by atomic mass is 9.88. The number of hydrogen-bond donors (Lipinski definition) is 3. The van der Waals surface area contributed by atoms with Gasteiger partial charge in [0, 0.05) is 25.3 Å². The number of carbonyl (C=O) groups is 3. The Bertz CT molecular complexity index is 1230. The molecule has 4 heterocycles. The molecule has 0 bridgehead atoms. The maximum Gasteiger partial charge on any atom is 0.306 e. The normalized spacial score (nSPS) is 15.9. The Morgan fingerprint density at radius 3 is 2.59 bits per heavy atom. The number of carboxylic acids is 1. The zero-order chi connectivity index (χ0) is 24.6. The first-order valence-corrected chi connectivity index (χ1v) is 12.1. The van der Waals surface area contributed by atoms with E-state index in [1.807, 2.05) is 13.0 Å². The van der Waals surface area contributed by atoms with Crippen molar-refractivity contribution < 1.29 is 19.5 Å². The average Bonchev–Trinajstić information content (AvgIpc) is 3.45. The molecule has 34 heavy (non-hydrogen) atoms. The number of amides is 2. The first kappa shape index (κ1) is 23.9. The third kappa shape index (κ3) is 4.82. The van der Waals surface area contributed by atoms with Gasteiger partial charge in [0.1, 0.15) is 5.52 Å². The van der Waals surface area contributed by atoms with Crippen molar-refractivity contribution in [2.45, 2.75) is 46.6 Å². The zero-order valence-electron chi connectivity index (χ0n) is 19.7. The SMILES string of the molecule is C[C@H](NC(=O)c1c[nH]c2ncc(-c3ccc(C(=O)N4CCC(C(=O)O)CC4)s3)nc12)C(C)(C)C. The van der Waals surface area contributed by atoms with Crippen molar-refractivity contribution in [3.8, 4) is 10.6 Å². The molecule has 1 fully saturated rings. The number of aromatic nitrogens is 3. The molecule has 4 rings (SSSR count). The molecule has 0 radical (unpaired) electrons. The van der Waals surface area contributed by atoms with E-state index in [-0.39, 0.29) is 29.2 Å². The number of H-pyrrole nitrogens is 1. The van der Waals surface area contributed by atoms with E-state index >= 15 is 0 Å². The van der Waals surface area contributed by atoms with Gasteiger partial charge in [-0.2, -0.15) is 0 Å². The molecule has 0 unspecified atom stereocenters. The van der Waals surface area contributed by atoms with Gasteiger partial charge in [0.25, 0.3) is 11.8 Å². The number of nitrogens with one attached hydrogen (secondary N) is 2. The molecule has 0 aliphatic carbocycles. The number of hydrogen-bond acceptors (Lipinski definition) is 6. The van der Waals surface area contributed by atoms with Crippen molar-refractivity contribution in [2.75, 3.05) is 13.1 Å². The minimum Gasteiger partial charge on any atom is -0.481 e. The summed E-state index contributed by atoms with van der Waals surface area (Å²) in [5.74, 6) is -1.51. The van der Waals surface area contributed by atoms with Crippen molar-refractivity contribution in [3.63, 3.8) is 0 Å². The molecule has 9 nitrogen and oxygen atoms in total. The lowest BCUT2D eigenvalue weighted by Gasteiger charge is -2.29. The molecule has 3 aromatic rings. The molecule has 0 aromatic carbocycles. The van der Waals surface area contributed by atoms with E-state index in [2.05, 4.69) is 41.0 Å². The molecular formula is C24H29N5O4S. The second kappa shape index (κ2) is 9.17. The number of thiophene rings is 1. The molecule has 10 heteroatoms. The van der Waals surface area contributed by atoms with Crippen LogP contribution >= 0.6 is 11.3 Å². The standard InChI is InChI=1S/C24H29N5O4S/c1-13(24(2,3)4)27-21(30)15-11-25-20-19(15)28-16(12-26-20)17-5-6-18(34-17)22(31)29-9-7-14(8-10-29)23(32)33/h5-6,11-14H,7-10H2,1-4H3,(H,25,26)(H,27,30)(H,32,33)/t13-/m0/s1. The van der Waals surface area contributed by atoms with Gasteiger partial charge in [0.05, 0.1) is 33.1 Å². The van der Waals surface area contributed by atoms with Gasteiger partial charge in [0.2, 0.25) is 0 Å². The van der Waals surface area contributed by atoms with E-state index < -0.39 is 5.97 Å². The van der Waals surface area contributed by atoms with E-state index in [4.69, 9.17) is 5.11 Å². The van der Waals surface area contributed by atoms with E-state index in [1.165, 1.54) is 11.3 Å². The van der Waals surface area contributed by atoms with Crippen LogP contribution in [0.1, 0.15) is 60.6 Å². The molecule has 3 aromatic heterocycles. The minimum atomic E-state index is -0.801. The number of carboxylic acid groups (broad SMARTS) is 1. The third-order valence-electron chi connectivity index (χ3n) is 6.47. The average molecular weight is 484 g/mol. The number of aromatic amines is 1. The molecule has 3 N–H and O–H groups in total. The molecule has 1 atom stereocenters. The van der Waals surface area contributed by atoms with Crippen LogP contribution in [0.15, 0.2) is 24.5 Å². The van der Waals surface area contributed by atoms with E-state index in [0.717, 1.165) is 4.88 Å². The molecule has 0 spiro atoms. The summed E-state index contributed by atoms with van der Waals surface area (Å²) in [4.78, 5) is 52.1. The topological polar surface area (TPSA) is 128 Å². The number of likely N-dealkylation sites (tertiary alicyclic amines) is 1. The van der Waals surface area contributed by atoms with Crippen molar-refractivity contribution in [1.82, 2.24) is 25.2 Å². The lowest BCUT2D eigenvalue weighted by Crippen LogP contribution is -2.41. The number of nitrogens with zero attached hydrogens (tertiary/aromatic N) is 3. The van der Waals surface area contributed by atoms with Gasteiger partial charge >= 0.3 is 5.97 Å². The van der Waals surface area contributed by atoms with Crippen molar-refractivity contribution in [3.05, 3.63) is 35.0 Å². The Labute approximate surface area is 201 Å². The Morgan fingerprint density at radius 2 is 1.94 bits per heavy atom. The van der Waals surface area contributed by atoms with Gasteiger partial charge in [-0.1, -0.05) is 20.8 Å². The van der Waals surface area contributed by atoms with Gasteiger partial charge < -0.3 is 20.3 Å². The summed E-state index contributed by atoms with van der Waals surface area (Å²) < 4.78 is 0. The highest BCUT2D eigenvalue weighted by molar-refractivity contribution is 7.17. The molecule has 1 aliphatic rings. The van der Waals surface area contributed by atoms with Crippen molar-refractivity contribution >= 4 is 40.3 Å². The van der Waals surface area contributed by atoms with Crippen molar-refractivity contribution in [2.24, 2.45) is 11.3 Å². The first-order valence-electron chi connectivity index (χ1n) is 11.3. The fourth-order valence-electron chi connectivity index (χ4n) is 3.75. The second-order valence-corrected chi connectivity index (χ2v) is 10.9. The van der Waals surface area contributed by atoms with Crippen LogP contribution in [-0.4, -0.2) is 61.9 Å². The predicted octanol–water partition coefficient (Wildman–Crippen LogP) is 3.79. The Morgan fingerprint density at radius 1 is 1.24 bits per heavy atom. The van der Waals surface area contributed by atoms with Gasteiger partial charge in [-0.05, 0) is 37.3 Å². The van der Waals surface area contributed by atoms with Crippen molar-refractivity contribution in [1.29, 1.82) is 0 Å². The van der Waals surface area contributed by atoms with Gasteiger partial charge in [-0.3, -0.25) is 14.4 Å². The van der Waals surface area contributed by atoms with Crippen LogP contribution in [0.3, 0.4) is 0 Å². The third-order valence-corrected chi connectivity index (χ3v) is 7.57. The maximum absolute atomic E-state index is 12.9.